The van der Waals surface area contributed by atoms with Crippen molar-refractivity contribution in [1.82, 2.24) is 9.97 Å². The Balaban J connectivity index is 2.03. The molecule has 0 radical (unpaired) electrons. The van der Waals surface area contributed by atoms with Gasteiger partial charge in [0, 0.05) is 10.6 Å². The zero-order chi connectivity index (χ0) is 13.8. The number of rotatable bonds is 4. The first-order chi connectivity index (χ1) is 9.04. The van der Waals surface area contributed by atoms with E-state index < -0.39 is 5.97 Å². The summed E-state index contributed by atoms with van der Waals surface area (Å²) in [6.07, 6.45) is 0. The zero-order valence-corrected chi connectivity index (χ0v) is 11.7. The van der Waals surface area contributed by atoms with Gasteiger partial charge in [0.1, 0.15) is 11.0 Å². The van der Waals surface area contributed by atoms with Crippen LogP contribution in [0.3, 0.4) is 0 Å². The minimum atomic E-state index is -0.926. The van der Waals surface area contributed by atoms with Crippen molar-refractivity contribution in [3.63, 3.8) is 0 Å². The fourth-order valence-electron chi connectivity index (χ4n) is 1.49. The summed E-state index contributed by atoms with van der Waals surface area (Å²) in [5.74, 6) is 0.330. The number of carboxylic acids is 1. The molecule has 0 fully saturated rings. The van der Waals surface area contributed by atoms with Crippen LogP contribution in [0.15, 0.2) is 35.2 Å². The van der Waals surface area contributed by atoms with Gasteiger partial charge in [-0.15, -0.1) is 11.8 Å². The maximum atomic E-state index is 10.7. The summed E-state index contributed by atoms with van der Waals surface area (Å²) >= 11 is 7.40. The highest BCUT2D eigenvalue weighted by Crippen LogP contribution is 2.22. The van der Waals surface area contributed by atoms with E-state index in [1.807, 2.05) is 6.92 Å². The van der Waals surface area contributed by atoms with E-state index in [1.54, 1.807) is 30.3 Å². The summed E-state index contributed by atoms with van der Waals surface area (Å²) in [4.78, 5) is 20.1. The van der Waals surface area contributed by atoms with Crippen molar-refractivity contribution in [2.24, 2.45) is 0 Å². The first-order valence-corrected chi connectivity index (χ1v) is 6.87. The first-order valence-electron chi connectivity index (χ1n) is 5.51. The summed E-state index contributed by atoms with van der Waals surface area (Å²) in [5.41, 5.74) is 1.11. The van der Waals surface area contributed by atoms with E-state index >= 15 is 0 Å². The average Bonchev–Trinajstić information content (AvgIpc) is 2.36. The number of aryl methyl sites for hydroxylation is 1. The summed E-state index contributed by atoms with van der Waals surface area (Å²) in [6, 6.07) is 8.40. The Kier molecular flexibility index (Phi) is 4.39. The molecule has 0 saturated heterocycles. The lowest BCUT2D eigenvalue weighted by molar-refractivity contribution is 0.0697. The first kappa shape index (κ1) is 13.8. The van der Waals surface area contributed by atoms with Gasteiger partial charge in [0.15, 0.2) is 0 Å². The van der Waals surface area contributed by atoms with E-state index in [-0.39, 0.29) is 5.56 Å². The number of hydrogen-bond donors (Lipinski definition) is 1. The third kappa shape index (κ3) is 3.94. The second kappa shape index (κ2) is 6.04. The second-order valence-corrected chi connectivity index (χ2v) is 5.30. The van der Waals surface area contributed by atoms with E-state index in [4.69, 9.17) is 16.7 Å². The number of carboxylic acid groups (broad SMARTS) is 1. The predicted octanol–water partition coefficient (Wildman–Crippen LogP) is 3.43. The van der Waals surface area contributed by atoms with Crippen LogP contribution in [0.25, 0.3) is 0 Å². The molecule has 4 nitrogen and oxygen atoms in total. The molecule has 1 aromatic carbocycles. The summed E-state index contributed by atoms with van der Waals surface area (Å²) in [7, 11) is 0. The Labute approximate surface area is 119 Å². The van der Waals surface area contributed by atoms with Gasteiger partial charge >= 0.3 is 5.97 Å². The van der Waals surface area contributed by atoms with Crippen LogP contribution < -0.4 is 0 Å². The van der Waals surface area contributed by atoms with Crippen LogP contribution in [0.1, 0.15) is 21.9 Å². The molecule has 98 valence electrons. The van der Waals surface area contributed by atoms with Crippen molar-refractivity contribution in [2.45, 2.75) is 17.6 Å². The summed E-state index contributed by atoms with van der Waals surface area (Å²) in [5, 5.41) is 9.24. The zero-order valence-electron chi connectivity index (χ0n) is 10.1. The minimum absolute atomic E-state index is 0.277. The molecule has 0 aliphatic rings. The maximum absolute atomic E-state index is 10.7. The Bertz CT molecular complexity index is 582. The molecule has 0 aliphatic carbocycles. The highest BCUT2D eigenvalue weighted by molar-refractivity contribution is 7.98. The van der Waals surface area contributed by atoms with Gasteiger partial charge in [0.05, 0.1) is 11.3 Å². The lowest BCUT2D eigenvalue weighted by Crippen LogP contribution is -1.96. The van der Waals surface area contributed by atoms with Gasteiger partial charge in [-0.05, 0) is 37.3 Å². The second-order valence-electron chi connectivity index (χ2n) is 3.87. The number of aromatic carboxylic acids is 1. The number of carbonyl (C=O) groups is 1. The average molecular weight is 295 g/mol. The molecule has 0 atom stereocenters. The van der Waals surface area contributed by atoms with Crippen LogP contribution in [-0.2, 0) is 5.75 Å². The van der Waals surface area contributed by atoms with Crippen molar-refractivity contribution in [1.29, 1.82) is 0 Å². The van der Waals surface area contributed by atoms with E-state index in [2.05, 4.69) is 9.97 Å². The quantitative estimate of drug-likeness (QED) is 0.691. The van der Waals surface area contributed by atoms with Gasteiger partial charge in [-0.25, -0.2) is 14.8 Å². The van der Waals surface area contributed by atoms with E-state index in [1.165, 1.54) is 11.8 Å². The molecule has 1 N–H and O–H groups in total. The van der Waals surface area contributed by atoms with Gasteiger partial charge in [-0.3, -0.25) is 0 Å². The van der Waals surface area contributed by atoms with Crippen molar-refractivity contribution in [2.75, 3.05) is 0 Å². The number of halogens is 1. The van der Waals surface area contributed by atoms with Gasteiger partial charge in [-0.2, -0.15) is 0 Å². The molecular formula is C13H11ClN2O2S. The highest BCUT2D eigenvalue weighted by Gasteiger charge is 2.04. The maximum Gasteiger partial charge on any atom is 0.335 e. The number of nitrogens with zero attached hydrogens (tertiary/aromatic N) is 2. The molecule has 1 heterocycles. The number of aromatic nitrogens is 2. The Hall–Kier alpha value is -1.59. The lowest BCUT2D eigenvalue weighted by atomic mass is 10.2. The third-order valence-electron chi connectivity index (χ3n) is 2.34. The molecule has 2 rings (SSSR count). The molecule has 1 aromatic heterocycles. The van der Waals surface area contributed by atoms with Gasteiger partial charge in [0.2, 0.25) is 0 Å². The molecule has 0 unspecified atom stereocenters. The minimum Gasteiger partial charge on any atom is -0.478 e. The fraction of sp³-hybridized carbons (Fsp3) is 0.154. The van der Waals surface area contributed by atoms with Crippen molar-refractivity contribution in [3.8, 4) is 0 Å². The molecule has 0 spiro atoms. The Morgan fingerprint density at radius 1 is 1.32 bits per heavy atom. The van der Waals surface area contributed by atoms with Crippen molar-refractivity contribution >= 4 is 29.3 Å². The van der Waals surface area contributed by atoms with Gasteiger partial charge < -0.3 is 5.11 Å². The van der Waals surface area contributed by atoms with Crippen LogP contribution in [0, 0.1) is 6.92 Å². The molecule has 0 bridgehead atoms. The molecule has 0 aliphatic heterocycles. The molecule has 6 heteroatoms. The molecule has 19 heavy (non-hydrogen) atoms. The number of hydrogen-bond acceptors (Lipinski definition) is 4. The monoisotopic (exact) mass is 294 g/mol. The normalized spacial score (nSPS) is 10.4. The largest absolute Gasteiger partial charge is 0.478 e. The summed E-state index contributed by atoms with van der Waals surface area (Å²) < 4.78 is 0. The molecule has 2 aromatic rings. The summed E-state index contributed by atoms with van der Waals surface area (Å²) in [6.45, 7) is 1.86. The molecular weight excluding hydrogens is 284 g/mol. The van der Waals surface area contributed by atoms with E-state index in [9.17, 15) is 4.79 Å². The molecule has 0 amide bonds. The Morgan fingerprint density at radius 2 is 2.00 bits per heavy atom. The van der Waals surface area contributed by atoms with Crippen molar-refractivity contribution in [3.05, 3.63) is 52.6 Å². The van der Waals surface area contributed by atoms with Crippen LogP contribution >= 0.6 is 23.4 Å². The third-order valence-corrected chi connectivity index (χ3v) is 3.54. The number of thioether (sulfide) groups is 1. The van der Waals surface area contributed by atoms with Gasteiger partial charge in [-0.1, -0.05) is 11.6 Å². The van der Waals surface area contributed by atoms with Crippen LogP contribution in [0.5, 0.6) is 0 Å². The number of benzene rings is 1. The predicted molar refractivity (Wildman–Crippen MR) is 74.7 cm³/mol. The van der Waals surface area contributed by atoms with Crippen LogP contribution in [0.4, 0.5) is 0 Å². The topological polar surface area (TPSA) is 63.1 Å². The highest BCUT2D eigenvalue weighted by atomic mass is 35.5. The lowest BCUT2D eigenvalue weighted by Gasteiger charge is -2.03. The smallest absolute Gasteiger partial charge is 0.335 e. The fourth-order valence-corrected chi connectivity index (χ4v) is 2.50. The van der Waals surface area contributed by atoms with Crippen LogP contribution in [0.2, 0.25) is 5.15 Å². The van der Waals surface area contributed by atoms with Crippen molar-refractivity contribution < 1.29 is 9.90 Å². The Morgan fingerprint density at radius 3 is 2.58 bits per heavy atom. The van der Waals surface area contributed by atoms with E-state index in [0.29, 0.717) is 16.7 Å². The van der Waals surface area contributed by atoms with Gasteiger partial charge in [0.25, 0.3) is 0 Å². The van der Waals surface area contributed by atoms with E-state index in [0.717, 1.165) is 10.6 Å². The van der Waals surface area contributed by atoms with Crippen LogP contribution in [-0.4, -0.2) is 21.0 Å². The standard InChI is InChI=1S/C13H11ClN2O2S/c1-8-6-11(14)16-12(15-8)7-19-10-4-2-9(3-5-10)13(17)18/h2-6H,7H2,1H3,(H,17,18). The SMILES string of the molecule is Cc1cc(Cl)nc(CSc2ccc(C(=O)O)cc2)n1. The molecule has 0 saturated carbocycles.